The van der Waals surface area contributed by atoms with Crippen LogP contribution in [0.1, 0.15) is 30.1 Å². The number of anilines is 1. The lowest BCUT2D eigenvalue weighted by Crippen LogP contribution is -1.97. The molecule has 4 nitrogen and oxygen atoms in total. The number of nitrogens with zero attached hydrogens (tertiary/aromatic N) is 3. The van der Waals surface area contributed by atoms with Crippen LogP contribution in [0.15, 0.2) is 18.8 Å². The third kappa shape index (κ3) is 1.14. The average molecular weight is 200 g/mol. The number of aromatic nitrogens is 3. The zero-order valence-corrected chi connectivity index (χ0v) is 8.35. The molecule has 0 unspecified atom stereocenters. The second kappa shape index (κ2) is 2.82. The Morgan fingerprint density at radius 3 is 2.93 bits per heavy atom. The molecule has 76 valence electrons. The highest BCUT2D eigenvalue weighted by molar-refractivity contribution is 5.75. The quantitative estimate of drug-likeness (QED) is 0.804. The molecule has 1 saturated carbocycles. The van der Waals surface area contributed by atoms with Crippen LogP contribution in [-0.4, -0.2) is 14.6 Å². The van der Waals surface area contributed by atoms with Crippen molar-refractivity contribution in [1.82, 2.24) is 14.6 Å². The Kier molecular flexibility index (Phi) is 1.59. The van der Waals surface area contributed by atoms with Crippen molar-refractivity contribution in [1.29, 1.82) is 0 Å². The van der Waals surface area contributed by atoms with Crippen molar-refractivity contribution in [3.8, 4) is 0 Å². The first-order valence-corrected chi connectivity index (χ1v) is 5.07. The molecule has 2 heterocycles. The fraction of sp³-hybridized carbons (Fsp3) is 0.273. The van der Waals surface area contributed by atoms with Gasteiger partial charge < -0.3 is 5.73 Å². The van der Waals surface area contributed by atoms with E-state index in [-0.39, 0.29) is 0 Å². The van der Waals surface area contributed by atoms with E-state index in [1.165, 1.54) is 12.8 Å². The molecule has 1 aliphatic carbocycles. The second-order valence-corrected chi connectivity index (χ2v) is 3.91. The molecular formula is C11H12N4. The van der Waals surface area contributed by atoms with Crippen LogP contribution in [0.25, 0.3) is 11.7 Å². The first kappa shape index (κ1) is 8.47. The van der Waals surface area contributed by atoms with Gasteiger partial charge in [0.1, 0.15) is 5.82 Å². The Hall–Kier alpha value is -1.84. The number of nitrogens with two attached hydrogens (primary N) is 1. The van der Waals surface area contributed by atoms with Crippen molar-refractivity contribution in [2.24, 2.45) is 0 Å². The van der Waals surface area contributed by atoms with Crippen LogP contribution in [0.4, 0.5) is 5.69 Å². The Morgan fingerprint density at radius 1 is 1.47 bits per heavy atom. The molecule has 0 atom stereocenters. The summed E-state index contributed by atoms with van der Waals surface area (Å²) < 4.78 is 2.02. The number of nitrogen functional groups attached to an aromatic ring is 1. The van der Waals surface area contributed by atoms with Gasteiger partial charge in [0.25, 0.3) is 0 Å². The van der Waals surface area contributed by atoms with Crippen LogP contribution < -0.4 is 5.73 Å². The summed E-state index contributed by atoms with van der Waals surface area (Å²) >= 11 is 0. The molecule has 0 spiro atoms. The first-order valence-electron chi connectivity index (χ1n) is 5.07. The van der Waals surface area contributed by atoms with Crippen LogP contribution in [-0.2, 0) is 0 Å². The molecule has 3 rings (SSSR count). The van der Waals surface area contributed by atoms with Crippen molar-refractivity contribution in [2.45, 2.75) is 18.8 Å². The molecule has 2 aromatic rings. The Morgan fingerprint density at radius 2 is 2.27 bits per heavy atom. The maximum atomic E-state index is 5.85. The largest absolute Gasteiger partial charge is 0.398 e. The number of hydrogen-bond acceptors (Lipinski definition) is 3. The lowest BCUT2D eigenvalue weighted by molar-refractivity contribution is 0.897. The number of rotatable bonds is 2. The van der Waals surface area contributed by atoms with Crippen LogP contribution in [0.5, 0.6) is 0 Å². The van der Waals surface area contributed by atoms with E-state index in [4.69, 9.17) is 5.73 Å². The van der Waals surface area contributed by atoms with Gasteiger partial charge in [0, 0.05) is 23.4 Å². The summed E-state index contributed by atoms with van der Waals surface area (Å²) in [6.07, 6.45) is 6.10. The summed E-state index contributed by atoms with van der Waals surface area (Å²) in [7, 11) is 0. The first-order chi connectivity index (χ1) is 7.31. The molecular weight excluding hydrogens is 188 g/mol. The molecule has 2 N–H and O–H groups in total. The lowest BCUT2D eigenvalue weighted by Gasteiger charge is -2.02. The maximum Gasteiger partial charge on any atom is 0.170 e. The molecule has 15 heavy (non-hydrogen) atoms. The minimum Gasteiger partial charge on any atom is -0.398 e. The van der Waals surface area contributed by atoms with Gasteiger partial charge in [-0.25, -0.2) is 0 Å². The number of hydrogen-bond donors (Lipinski definition) is 1. The predicted octanol–water partition coefficient (Wildman–Crippen LogP) is 1.83. The van der Waals surface area contributed by atoms with Crippen molar-refractivity contribution in [3.63, 3.8) is 0 Å². The number of fused-ring (bicyclic) bond motifs is 1. The van der Waals surface area contributed by atoms with E-state index in [2.05, 4.69) is 16.8 Å². The lowest BCUT2D eigenvalue weighted by atomic mass is 10.2. The highest BCUT2D eigenvalue weighted by atomic mass is 15.3. The zero-order valence-electron chi connectivity index (χ0n) is 8.35. The van der Waals surface area contributed by atoms with Crippen molar-refractivity contribution < 1.29 is 0 Å². The molecule has 0 aromatic carbocycles. The normalized spacial score (nSPS) is 15.7. The van der Waals surface area contributed by atoms with Gasteiger partial charge in [-0.05, 0) is 18.9 Å². The minimum absolute atomic E-state index is 0.585. The fourth-order valence-electron chi connectivity index (χ4n) is 1.84. The summed E-state index contributed by atoms with van der Waals surface area (Å²) in [6.45, 7) is 3.75. The summed E-state index contributed by atoms with van der Waals surface area (Å²) in [6, 6.07) is 1.87. The second-order valence-electron chi connectivity index (χ2n) is 3.91. The topological polar surface area (TPSA) is 56.2 Å². The highest BCUT2D eigenvalue weighted by Gasteiger charge is 2.28. The molecule has 0 aliphatic heterocycles. The molecule has 0 radical (unpaired) electrons. The molecule has 1 aliphatic rings. The van der Waals surface area contributed by atoms with Gasteiger partial charge in [-0.2, -0.15) is 0 Å². The molecule has 0 amide bonds. The predicted molar refractivity (Wildman–Crippen MR) is 59.5 cm³/mol. The summed E-state index contributed by atoms with van der Waals surface area (Å²) in [5.74, 6) is 1.63. The van der Waals surface area contributed by atoms with Crippen molar-refractivity contribution in [3.05, 3.63) is 30.2 Å². The minimum atomic E-state index is 0.585. The van der Waals surface area contributed by atoms with Gasteiger partial charge in [-0.3, -0.25) is 4.40 Å². The monoisotopic (exact) mass is 200 g/mol. The maximum absolute atomic E-state index is 5.85. The summed E-state index contributed by atoms with van der Waals surface area (Å²) in [5, 5.41) is 8.39. The van der Waals surface area contributed by atoms with Gasteiger partial charge >= 0.3 is 0 Å². The molecule has 4 heteroatoms. The van der Waals surface area contributed by atoms with E-state index in [0.717, 1.165) is 17.0 Å². The van der Waals surface area contributed by atoms with E-state index in [1.54, 1.807) is 6.08 Å². The van der Waals surface area contributed by atoms with Gasteiger partial charge in [0.15, 0.2) is 5.65 Å². The Balaban J connectivity index is 2.32. The SMILES string of the molecule is C=Cc1c(N)ccn2c(C3CC3)nnc12. The van der Waals surface area contributed by atoms with Crippen LogP contribution in [0, 0.1) is 0 Å². The molecule has 0 bridgehead atoms. The molecule has 1 fully saturated rings. The Labute approximate surface area is 87.4 Å². The highest BCUT2D eigenvalue weighted by Crippen LogP contribution is 2.39. The summed E-state index contributed by atoms with van der Waals surface area (Å²) in [5.41, 5.74) is 8.23. The average Bonchev–Trinajstić information content (AvgIpc) is 2.99. The van der Waals surface area contributed by atoms with Crippen molar-refractivity contribution in [2.75, 3.05) is 5.73 Å². The Bertz CT molecular complexity index is 537. The van der Waals surface area contributed by atoms with Gasteiger partial charge in [-0.15, -0.1) is 10.2 Å². The third-order valence-electron chi connectivity index (χ3n) is 2.82. The van der Waals surface area contributed by atoms with Crippen LogP contribution in [0.3, 0.4) is 0 Å². The van der Waals surface area contributed by atoms with Crippen LogP contribution >= 0.6 is 0 Å². The molecule has 2 aromatic heterocycles. The fourth-order valence-corrected chi connectivity index (χ4v) is 1.84. The van der Waals surface area contributed by atoms with E-state index < -0.39 is 0 Å². The third-order valence-corrected chi connectivity index (χ3v) is 2.82. The zero-order chi connectivity index (χ0) is 10.4. The van der Waals surface area contributed by atoms with Gasteiger partial charge in [0.2, 0.25) is 0 Å². The number of pyridine rings is 1. The van der Waals surface area contributed by atoms with E-state index in [9.17, 15) is 0 Å². The smallest absolute Gasteiger partial charge is 0.170 e. The van der Waals surface area contributed by atoms with Crippen molar-refractivity contribution >= 4 is 17.4 Å². The van der Waals surface area contributed by atoms with Gasteiger partial charge in [0.05, 0.1) is 0 Å². The van der Waals surface area contributed by atoms with Crippen LogP contribution in [0.2, 0.25) is 0 Å². The van der Waals surface area contributed by atoms with E-state index in [0.29, 0.717) is 11.6 Å². The van der Waals surface area contributed by atoms with Gasteiger partial charge in [-0.1, -0.05) is 12.7 Å². The molecule has 0 saturated heterocycles. The van der Waals surface area contributed by atoms with E-state index >= 15 is 0 Å². The standard InChI is InChI=1S/C11H12N4/c1-2-8-9(12)5-6-15-10(7-3-4-7)13-14-11(8)15/h2,5-7H,1,3-4,12H2. The summed E-state index contributed by atoms with van der Waals surface area (Å²) in [4.78, 5) is 0. The van der Waals surface area contributed by atoms with E-state index in [1.807, 2.05) is 16.7 Å².